The topological polar surface area (TPSA) is 42.5 Å². The Morgan fingerprint density at radius 2 is 1.62 bits per heavy atom. The molecule has 0 spiro atoms. The van der Waals surface area contributed by atoms with Crippen molar-refractivity contribution in [1.29, 1.82) is 0 Å². The highest BCUT2D eigenvalue weighted by molar-refractivity contribution is 6.66. The third kappa shape index (κ3) is 8.75. The van der Waals surface area contributed by atoms with Crippen molar-refractivity contribution in [2.45, 2.75) is 39.4 Å². The molecule has 136 valence electrons. The van der Waals surface area contributed by atoms with E-state index < -0.39 is 8.56 Å². The molecule has 0 aromatic heterocycles. The average molecular weight is 351 g/mol. The molecule has 0 aliphatic carbocycles. The highest BCUT2D eigenvalue weighted by Crippen LogP contribution is 2.15. The largest absolute Gasteiger partial charge is 0.395 e. The molecule has 1 rings (SSSR count). The lowest BCUT2D eigenvalue weighted by molar-refractivity contribution is 0.188. The number of rotatable bonds is 14. The molecule has 5 heteroatoms. The van der Waals surface area contributed by atoms with E-state index >= 15 is 0 Å². The molecular weight excluding hydrogens is 316 g/mol. The SMILES string of the molecule is C=Cc1ccc(CNCCNCCC[Si](C)(OCC)OCC)cc1. The second-order valence-electron chi connectivity index (χ2n) is 5.98. The van der Waals surface area contributed by atoms with E-state index in [1.807, 2.05) is 19.9 Å². The Morgan fingerprint density at radius 1 is 1.00 bits per heavy atom. The van der Waals surface area contributed by atoms with Gasteiger partial charge in [0.1, 0.15) is 0 Å². The summed E-state index contributed by atoms with van der Waals surface area (Å²) in [6.07, 6.45) is 2.97. The minimum atomic E-state index is -1.94. The molecule has 0 bridgehead atoms. The first kappa shape index (κ1) is 21.1. The van der Waals surface area contributed by atoms with Crippen LogP contribution in [-0.2, 0) is 15.4 Å². The van der Waals surface area contributed by atoms with Gasteiger partial charge in [-0.2, -0.15) is 0 Å². The van der Waals surface area contributed by atoms with Crippen LogP contribution in [0, 0.1) is 0 Å². The predicted molar refractivity (Wildman–Crippen MR) is 105 cm³/mol. The molecule has 0 saturated carbocycles. The van der Waals surface area contributed by atoms with Gasteiger partial charge >= 0.3 is 8.56 Å². The number of nitrogens with one attached hydrogen (secondary N) is 2. The van der Waals surface area contributed by atoms with Gasteiger partial charge in [0.25, 0.3) is 0 Å². The van der Waals surface area contributed by atoms with E-state index in [1.165, 1.54) is 5.56 Å². The van der Waals surface area contributed by atoms with E-state index in [4.69, 9.17) is 8.85 Å². The molecule has 2 N–H and O–H groups in total. The monoisotopic (exact) mass is 350 g/mol. The van der Waals surface area contributed by atoms with E-state index in [1.54, 1.807) is 0 Å². The van der Waals surface area contributed by atoms with Crippen molar-refractivity contribution in [2.75, 3.05) is 32.8 Å². The van der Waals surface area contributed by atoms with Crippen LogP contribution in [0.4, 0.5) is 0 Å². The Bertz CT molecular complexity index is 445. The summed E-state index contributed by atoms with van der Waals surface area (Å²) in [5.74, 6) is 0. The van der Waals surface area contributed by atoms with Crippen LogP contribution in [-0.4, -0.2) is 41.4 Å². The Balaban J connectivity index is 2.06. The molecule has 0 amide bonds. The van der Waals surface area contributed by atoms with Crippen LogP contribution >= 0.6 is 0 Å². The summed E-state index contributed by atoms with van der Waals surface area (Å²) >= 11 is 0. The maximum Gasteiger partial charge on any atom is 0.334 e. The molecule has 0 aliphatic rings. The quantitative estimate of drug-likeness (QED) is 0.398. The van der Waals surface area contributed by atoms with E-state index in [2.05, 4.69) is 48.0 Å². The first-order chi connectivity index (χ1) is 11.6. The second-order valence-corrected chi connectivity index (χ2v) is 9.32. The lowest BCUT2D eigenvalue weighted by atomic mass is 10.1. The summed E-state index contributed by atoms with van der Waals surface area (Å²) in [6.45, 7) is 15.4. The van der Waals surface area contributed by atoms with Crippen LogP contribution in [0.1, 0.15) is 31.4 Å². The summed E-state index contributed by atoms with van der Waals surface area (Å²) in [7, 11) is -1.94. The van der Waals surface area contributed by atoms with E-state index in [0.29, 0.717) is 0 Å². The van der Waals surface area contributed by atoms with Crippen molar-refractivity contribution >= 4 is 14.6 Å². The van der Waals surface area contributed by atoms with Gasteiger partial charge in [0, 0.05) is 32.8 Å². The van der Waals surface area contributed by atoms with Crippen LogP contribution < -0.4 is 10.6 Å². The molecule has 0 saturated heterocycles. The third-order valence-electron chi connectivity index (χ3n) is 3.91. The van der Waals surface area contributed by atoms with Gasteiger partial charge in [-0.15, -0.1) is 0 Å². The minimum absolute atomic E-state index is 0.744. The van der Waals surface area contributed by atoms with Crippen molar-refractivity contribution in [2.24, 2.45) is 0 Å². The fourth-order valence-electron chi connectivity index (χ4n) is 2.64. The van der Waals surface area contributed by atoms with Crippen LogP contribution in [0.15, 0.2) is 30.8 Å². The minimum Gasteiger partial charge on any atom is -0.395 e. The molecule has 4 nitrogen and oxygen atoms in total. The maximum atomic E-state index is 5.85. The second kappa shape index (κ2) is 12.4. The zero-order chi connectivity index (χ0) is 17.7. The predicted octanol–water partition coefficient (Wildman–Crippen LogP) is 3.54. The molecule has 0 atom stereocenters. The summed E-state index contributed by atoms with van der Waals surface area (Å²) in [5.41, 5.74) is 2.46. The van der Waals surface area contributed by atoms with Gasteiger partial charge in [0.15, 0.2) is 0 Å². The maximum absolute atomic E-state index is 5.85. The van der Waals surface area contributed by atoms with E-state index in [0.717, 1.165) is 57.4 Å². The summed E-state index contributed by atoms with van der Waals surface area (Å²) in [4.78, 5) is 0. The van der Waals surface area contributed by atoms with Gasteiger partial charge in [-0.05, 0) is 50.5 Å². The number of benzene rings is 1. The van der Waals surface area contributed by atoms with Crippen molar-refractivity contribution < 1.29 is 8.85 Å². The molecule has 1 aromatic rings. The lowest BCUT2D eigenvalue weighted by Gasteiger charge is -2.25. The van der Waals surface area contributed by atoms with Crippen LogP contribution in [0.5, 0.6) is 0 Å². The van der Waals surface area contributed by atoms with Crippen molar-refractivity contribution in [3.8, 4) is 0 Å². The Labute approximate surface area is 148 Å². The van der Waals surface area contributed by atoms with Crippen molar-refractivity contribution in [1.82, 2.24) is 10.6 Å². The number of hydrogen-bond donors (Lipinski definition) is 2. The van der Waals surface area contributed by atoms with E-state index in [-0.39, 0.29) is 0 Å². The molecule has 0 unspecified atom stereocenters. The molecular formula is C19H34N2O2Si. The Kier molecular flexibility index (Phi) is 10.9. The lowest BCUT2D eigenvalue weighted by Crippen LogP contribution is -2.39. The van der Waals surface area contributed by atoms with Gasteiger partial charge < -0.3 is 19.5 Å². The first-order valence-corrected chi connectivity index (χ1v) is 11.6. The van der Waals surface area contributed by atoms with Gasteiger partial charge in [0.05, 0.1) is 0 Å². The van der Waals surface area contributed by atoms with Gasteiger partial charge in [-0.1, -0.05) is 36.9 Å². The van der Waals surface area contributed by atoms with Gasteiger partial charge in [0.2, 0.25) is 0 Å². The fourth-order valence-corrected chi connectivity index (χ4v) is 5.05. The number of hydrogen-bond acceptors (Lipinski definition) is 4. The molecule has 0 fully saturated rings. The van der Waals surface area contributed by atoms with Gasteiger partial charge in [-0.3, -0.25) is 0 Å². The molecule has 0 radical (unpaired) electrons. The fraction of sp³-hybridized carbons (Fsp3) is 0.579. The average Bonchev–Trinajstić information content (AvgIpc) is 2.58. The van der Waals surface area contributed by atoms with Crippen molar-refractivity contribution in [3.05, 3.63) is 42.0 Å². The van der Waals surface area contributed by atoms with Gasteiger partial charge in [-0.25, -0.2) is 0 Å². The molecule has 1 aromatic carbocycles. The zero-order valence-corrected chi connectivity index (χ0v) is 16.6. The molecule has 0 heterocycles. The third-order valence-corrected chi connectivity index (χ3v) is 6.97. The smallest absolute Gasteiger partial charge is 0.334 e. The van der Waals surface area contributed by atoms with Crippen LogP contribution in [0.3, 0.4) is 0 Å². The normalized spacial score (nSPS) is 11.6. The van der Waals surface area contributed by atoms with E-state index in [9.17, 15) is 0 Å². The standard InChI is InChI=1S/C19H34N2O2Si/c1-5-18-9-11-19(12-10-18)17-21-15-14-20-13-8-16-24(4,22-6-2)23-7-3/h5,9-12,20-21H,1,6-8,13-17H2,2-4H3. The van der Waals surface area contributed by atoms with Crippen molar-refractivity contribution in [3.63, 3.8) is 0 Å². The Hall–Kier alpha value is -0.983. The highest BCUT2D eigenvalue weighted by atomic mass is 28.4. The van der Waals surface area contributed by atoms with Crippen LogP contribution in [0.25, 0.3) is 6.08 Å². The summed E-state index contributed by atoms with van der Waals surface area (Å²) in [5, 5.41) is 6.94. The highest BCUT2D eigenvalue weighted by Gasteiger charge is 2.29. The summed E-state index contributed by atoms with van der Waals surface area (Å²) in [6, 6.07) is 9.53. The van der Waals surface area contributed by atoms with Crippen LogP contribution in [0.2, 0.25) is 12.6 Å². The first-order valence-electron chi connectivity index (χ1n) is 9.04. The Morgan fingerprint density at radius 3 is 2.21 bits per heavy atom. The molecule has 0 aliphatic heterocycles. The zero-order valence-electron chi connectivity index (χ0n) is 15.6. The summed E-state index contributed by atoms with van der Waals surface area (Å²) < 4.78 is 11.7. The molecule has 24 heavy (non-hydrogen) atoms.